The summed E-state index contributed by atoms with van der Waals surface area (Å²) in [6.07, 6.45) is 0. The van der Waals surface area contributed by atoms with Gasteiger partial charge >= 0.3 is 5.97 Å². The number of halogens is 1. The van der Waals surface area contributed by atoms with Crippen LogP contribution in [0.4, 0.5) is 5.69 Å². The Kier molecular flexibility index (Phi) is 6.73. The molecule has 0 aromatic heterocycles. The molecule has 1 aromatic rings. The van der Waals surface area contributed by atoms with Crippen molar-refractivity contribution < 1.29 is 14.3 Å². The Labute approximate surface area is 121 Å². The van der Waals surface area contributed by atoms with Gasteiger partial charge in [-0.3, -0.25) is 9.59 Å². The third kappa shape index (κ3) is 5.98. The molecule has 104 valence electrons. The minimum atomic E-state index is -0.344. The van der Waals surface area contributed by atoms with Crippen molar-refractivity contribution in [2.45, 2.75) is 19.1 Å². The molecule has 1 rings (SSSR count). The van der Waals surface area contributed by atoms with Crippen LogP contribution in [0.15, 0.2) is 24.3 Å². The number of carbonyl (C=O) groups is 2. The van der Waals surface area contributed by atoms with Gasteiger partial charge in [0.15, 0.2) is 0 Å². The third-order valence-corrected chi connectivity index (χ3v) is 3.57. The van der Waals surface area contributed by atoms with Crippen LogP contribution in [0, 0.1) is 0 Å². The van der Waals surface area contributed by atoms with E-state index >= 15 is 0 Å². The first-order valence-electron chi connectivity index (χ1n) is 5.86. The molecule has 1 aromatic carbocycles. The fourth-order valence-electron chi connectivity index (χ4n) is 1.28. The van der Waals surface area contributed by atoms with Crippen molar-refractivity contribution in [3.63, 3.8) is 0 Å². The van der Waals surface area contributed by atoms with E-state index in [0.29, 0.717) is 17.3 Å². The monoisotopic (exact) mass is 301 g/mol. The quantitative estimate of drug-likeness (QED) is 0.821. The van der Waals surface area contributed by atoms with Gasteiger partial charge in [0, 0.05) is 10.7 Å². The summed E-state index contributed by atoms with van der Waals surface area (Å²) in [6.45, 7) is 3.84. The number of nitrogens with one attached hydrogen (secondary N) is 1. The lowest BCUT2D eigenvalue weighted by Crippen LogP contribution is -2.24. The van der Waals surface area contributed by atoms with Crippen LogP contribution in [0.2, 0.25) is 5.02 Å². The Morgan fingerprint density at radius 2 is 2.21 bits per heavy atom. The summed E-state index contributed by atoms with van der Waals surface area (Å²) in [5.74, 6) is -0.315. The molecule has 0 aliphatic carbocycles. The van der Waals surface area contributed by atoms with Gasteiger partial charge in [-0.2, -0.15) is 0 Å². The Morgan fingerprint density at radius 1 is 1.47 bits per heavy atom. The van der Waals surface area contributed by atoms with E-state index in [9.17, 15) is 9.59 Å². The second-order valence-electron chi connectivity index (χ2n) is 3.76. The van der Waals surface area contributed by atoms with Gasteiger partial charge in [0.2, 0.25) is 5.91 Å². The van der Waals surface area contributed by atoms with Gasteiger partial charge in [-0.25, -0.2) is 0 Å². The first kappa shape index (κ1) is 15.9. The molecule has 1 amide bonds. The standard InChI is InChI=1S/C13H16ClNO3S/c1-3-18-12(16)8-19-9(2)13(17)15-11-6-4-5-10(14)7-11/h4-7,9H,3,8H2,1-2H3,(H,15,17)/t9-/m1/s1. The number of hydrogen-bond acceptors (Lipinski definition) is 4. The zero-order valence-corrected chi connectivity index (χ0v) is 12.4. The van der Waals surface area contributed by atoms with E-state index in [-0.39, 0.29) is 22.9 Å². The topological polar surface area (TPSA) is 55.4 Å². The molecule has 0 spiro atoms. The first-order chi connectivity index (χ1) is 9.02. The van der Waals surface area contributed by atoms with Gasteiger partial charge in [-0.1, -0.05) is 17.7 Å². The predicted molar refractivity (Wildman–Crippen MR) is 78.6 cm³/mol. The highest BCUT2D eigenvalue weighted by molar-refractivity contribution is 8.01. The van der Waals surface area contributed by atoms with Gasteiger partial charge < -0.3 is 10.1 Å². The Morgan fingerprint density at radius 3 is 2.84 bits per heavy atom. The summed E-state index contributed by atoms with van der Waals surface area (Å²) < 4.78 is 4.80. The average molecular weight is 302 g/mol. The zero-order valence-electron chi connectivity index (χ0n) is 10.8. The van der Waals surface area contributed by atoms with Crippen LogP contribution >= 0.6 is 23.4 Å². The number of esters is 1. The number of hydrogen-bond donors (Lipinski definition) is 1. The molecular formula is C13H16ClNO3S. The largest absolute Gasteiger partial charge is 0.465 e. The second kappa shape index (κ2) is 8.07. The molecule has 0 aliphatic heterocycles. The van der Waals surface area contributed by atoms with E-state index in [1.54, 1.807) is 38.1 Å². The predicted octanol–water partition coefficient (Wildman–Crippen LogP) is 2.96. The van der Waals surface area contributed by atoms with Gasteiger partial charge in [-0.05, 0) is 32.0 Å². The van der Waals surface area contributed by atoms with E-state index in [2.05, 4.69) is 5.32 Å². The molecule has 0 saturated heterocycles. The molecular weight excluding hydrogens is 286 g/mol. The van der Waals surface area contributed by atoms with Crippen LogP contribution < -0.4 is 5.32 Å². The molecule has 1 N–H and O–H groups in total. The Balaban J connectivity index is 2.42. The van der Waals surface area contributed by atoms with E-state index in [1.165, 1.54) is 11.8 Å². The second-order valence-corrected chi connectivity index (χ2v) is 5.52. The molecule has 0 bridgehead atoms. The number of thioether (sulfide) groups is 1. The molecule has 19 heavy (non-hydrogen) atoms. The number of rotatable bonds is 6. The number of benzene rings is 1. The number of amides is 1. The van der Waals surface area contributed by atoms with Gasteiger partial charge in [0.25, 0.3) is 0 Å². The summed E-state index contributed by atoms with van der Waals surface area (Å²) in [4.78, 5) is 23.0. The summed E-state index contributed by atoms with van der Waals surface area (Å²) in [7, 11) is 0. The van der Waals surface area contributed by atoms with E-state index in [1.807, 2.05) is 0 Å². The minimum absolute atomic E-state index is 0.165. The summed E-state index contributed by atoms with van der Waals surface area (Å²) in [5.41, 5.74) is 0.640. The molecule has 1 atom stereocenters. The highest BCUT2D eigenvalue weighted by atomic mass is 35.5. The van der Waals surface area contributed by atoms with Crippen LogP contribution in [0.5, 0.6) is 0 Å². The maximum atomic E-state index is 11.9. The van der Waals surface area contributed by atoms with Gasteiger partial charge in [-0.15, -0.1) is 11.8 Å². The van der Waals surface area contributed by atoms with Crippen LogP contribution in [0.25, 0.3) is 0 Å². The molecule has 0 fully saturated rings. The van der Waals surface area contributed by atoms with E-state index in [4.69, 9.17) is 16.3 Å². The Hall–Kier alpha value is -1.20. The molecule has 0 saturated carbocycles. The van der Waals surface area contributed by atoms with Crippen LogP contribution in [-0.4, -0.2) is 29.5 Å². The maximum absolute atomic E-state index is 11.9. The number of ether oxygens (including phenoxy) is 1. The summed E-state index contributed by atoms with van der Waals surface area (Å²) in [6, 6.07) is 6.92. The smallest absolute Gasteiger partial charge is 0.315 e. The van der Waals surface area contributed by atoms with Crippen molar-refractivity contribution in [1.82, 2.24) is 0 Å². The lowest BCUT2D eigenvalue weighted by Gasteiger charge is -2.11. The fourth-order valence-corrected chi connectivity index (χ4v) is 2.15. The van der Waals surface area contributed by atoms with Gasteiger partial charge in [0.05, 0.1) is 17.6 Å². The molecule has 0 aliphatic rings. The lowest BCUT2D eigenvalue weighted by atomic mass is 10.3. The van der Waals surface area contributed by atoms with Crippen molar-refractivity contribution in [1.29, 1.82) is 0 Å². The average Bonchev–Trinajstić information content (AvgIpc) is 2.36. The van der Waals surface area contributed by atoms with Crippen LogP contribution in [-0.2, 0) is 14.3 Å². The van der Waals surface area contributed by atoms with Crippen molar-refractivity contribution in [3.05, 3.63) is 29.3 Å². The normalized spacial score (nSPS) is 11.7. The zero-order chi connectivity index (χ0) is 14.3. The minimum Gasteiger partial charge on any atom is -0.465 e. The van der Waals surface area contributed by atoms with Crippen molar-refractivity contribution in [3.8, 4) is 0 Å². The fraction of sp³-hybridized carbons (Fsp3) is 0.385. The SMILES string of the molecule is CCOC(=O)CS[C@H](C)C(=O)Nc1cccc(Cl)c1. The van der Waals surface area contributed by atoms with E-state index in [0.717, 1.165) is 0 Å². The van der Waals surface area contributed by atoms with Crippen LogP contribution in [0.3, 0.4) is 0 Å². The number of carbonyl (C=O) groups excluding carboxylic acids is 2. The maximum Gasteiger partial charge on any atom is 0.315 e. The third-order valence-electron chi connectivity index (χ3n) is 2.22. The molecule has 6 heteroatoms. The van der Waals surface area contributed by atoms with Gasteiger partial charge in [0.1, 0.15) is 0 Å². The van der Waals surface area contributed by atoms with E-state index < -0.39 is 0 Å². The molecule has 0 heterocycles. The lowest BCUT2D eigenvalue weighted by molar-refractivity contribution is -0.139. The van der Waals surface area contributed by atoms with Crippen molar-refractivity contribution in [2.24, 2.45) is 0 Å². The Bertz CT molecular complexity index is 453. The summed E-state index contributed by atoms with van der Waals surface area (Å²) in [5, 5.41) is 2.96. The first-order valence-corrected chi connectivity index (χ1v) is 7.29. The number of anilines is 1. The molecule has 0 radical (unpaired) electrons. The van der Waals surface area contributed by atoms with Crippen molar-refractivity contribution >= 4 is 40.9 Å². The molecule has 0 unspecified atom stereocenters. The van der Waals surface area contributed by atoms with Crippen molar-refractivity contribution in [2.75, 3.05) is 17.7 Å². The highest BCUT2D eigenvalue weighted by Crippen LogP contribution is 2.17. The van der Waals surface area contributed by atoms with Crippen LogP contribution in [0.1, 0.15) is 13.8 Å². The summed E-state index contributed by atoms with van der Waals surface area (Å²) >= 11 is 7.06. The molecule has 4 nitrogen and oxygen atoms in total. The highest BCUT2D eigenvalue weighted by Gasteiger charge is 2.15.